The van der Waals surface area contributed by atoms with Crippen LogP contribution < -0.4 is 0 Å². The molecule has 2 aliphatic rings. The maximum Gasteiger partial charge on any atom is 0.321 e. The molecule has 1 aromatic rings. The molecule has 1 saturated heterocycles. The first-order valence-corrected chi connectivity index (χ1v) is 7.78. The Kier molecular flexibility index (Phi) is 4.01. The van der Waals surface area contributed by atoms with Crippen LogP contribution in [0.4, 0.5) is 0 Å². The Balaban J connectivity index is 1.62. The van der Waals surface area contributed by atoms with Crippen LogP contribution in [0, 0.1) is 5.41 Å². The molecule has 1 heterocycles. The standard InChI is InChI=1S/C18H21NO3/c1-22-17(21)18(9-10-18)16(20)19-11-7-15(8-12-19)13-14-5-3-2-4-6-14/h2-6,13H,7-12H2,1H3. The number of amides is 1. The van der Waals surface area contributed by atoms with Crippen LogP contribution in [0.15, 0.2) is 35.9 Å². The fourth-order valence-electron chi connectivity index (χ4n) is 3.05. The molecule has 0 N–H and O–H groups in total. The lowest BCUT2D eigenvalue weighted by molar-refractivity contribution is -0.156. The topological polar surface area (TPSA) is 46.6 Å². The van der Waals surface area contributed by atoms with E-state index in [9.17, 15) is 9.59 Å². The number of hydrogen-bond donors (Lipinski definition) is 0. The summed E-state index contributed by atoms with van der Waals surface area (Å²) in [4.78, 5) is 26.2. The quantitative estimate of drug-likeness (QED) is 0.637. The number of carbonyl (C=O) groups excluding carboxylic acids is 2. The molecular weight excluding hydrogens is 278 g/mol. The Bertz CT molecular complexity index is 592. The van der Waals surface area contributed by atoms with Crippen molar-refractivity contribution in [3.63, 3.8) is 0 Å². The van der Waals surface area contributed by atoms with E-state index in [1.54, 1.807) is 0 Å². The number of methoxy groups -OCH3 is 1. The predicted molar refractivity (Wildman–Crippen MR) is 83.9 cm³/mol. The van der Waals surface area contributed by atoms with Gasteiger partial charge in [0, 0.05) is 13.1 Å². The summed E-state index contributed by atoms with van der Waals surface area (Å²) in [6.07, 6.45) is 5.20. The average Bonchev–Trinajstić information content (AvgIpc) is 3.37. The largest absolute Gasteiger partial charge is 0.468 e. The molecule has 0 radical (unpaired) electrons. The van der Waals surface area contributed by atoms with Crippen LogP contribution in [0.25, 0.3) is 6.08 Å². The maximum atomic E-state index is 12.6. The summed E-state index contributed by atoms with van der Waals surface area (Å²) in [7, 11) is 1.35. The summed E-state index contributed by atoms with van der Waals surface area (Å²) in [5.41, 5.74) is 1.69. The predicted octanol–water partition coefficient (Wildman–Crippen LogP) is 2.65. The van der Waals surface area contributed by atoms with Gasteiger partial charge < -0.3 is 9.64 Å². The number of esters is 1. The van der Waals surface area contributed by atoms with Gasteiger partial charge >= 0.3 is 5.97 Å². The van der Waals surface area contributed by atoms with Gasteiger partial charge in [0.1, 0.15) is 5.41 Å². The Morgan fingerprint density at radius 3 is 2.32 bits per heavy atom. The normalized spacial score (nSPS) is 19.5. The molecule has 0 spiro atoms. The van der Waals surface area contributed by atoms with Crippen LogP contribution in [-0.2, 0) is 14.3 Å². The zero-order chi connectivity index (χ0) is 15.6. The van der Waals surface area contributed by atoms with Crippen LogP contribution >= 0.6 is 0 Å². The van der Waals surface area contributed by atoms with Gasteiger partial charge in [-0.1, -0.05) is 42.0 Å². The minimum Gasteiger partial charge on any atom is -0.468 e. The van der Waals surface area contributed by atoms with E-state index in [2.05, 4.69) is 18.2 Å². The molecule has 4 heteroatoms. The Morgan fingerprint density at radius 2 is 1.77 bits per heavy atom. The third-order valence-corrected chi connectivity index (χ3v) is 4.60. The summed E-state index contributed by atoms with van der Waals surface area (Å²) in [5, 5.41) is 0. The average molecular weight is 299 g/mol. The molecule has 1 aliphatic heterocycles. The van der Waals surface area contributed by atoms with Gasteiger partial charge in [-0.3, -0.25) is 9.59 Å². The van der Waals surface area contributed by atoms with E-state index in [1.165, 1.54) is 18.2 Å². The van der Waals surface area contributed by atoms with Crippen molar-refractivity contribution in [3.05, 3.63) is 41.5 Å². The molecule has 3 rings (SSSR count). The lowest BCUT2D eigenvalue weighted by Gasteiger charge is -2.31. The fourth-order valence-corrected chi connectivity index (χ4v) is 3.05. The highest BCUT2D eigenvalue weighted by Gasteiger charge is 2.59. The first kappa shape index (κ1) is 14.8. The molecule has 4 nitrogen and oxygen atoms in total. The molecule has 0 unspecified atom stereocenters. The second kappa shape index (κ2) is 5.95. The minimum atomic E-state index is -0.866. The van der Waals surface area contributed by atoms with Crippen LogP contribution in [0.5, 0.6) is 0 Å². The molecule has 116 valence electrons. The molecule has 1 saturated carbocycles. The van der Waals surface area contributed by atoms with E-state index < -0.39 is 5.41 Å². The second-order valence-corrected chi connectivity index (χ2v) is 6.08. The number of likely N-dealkylation sites (tertiary alicyclic amines) is 1. The molecule has 2 fully saturated rings. The van der Waals surface area contributed by atoms with E-state index in [4.69, 9.17) is 4.74 Å². The maximum absolute atomic E-state index is 12.6. The summed E-state index contributed by atoms with van der Waals surface area (Å²) >= 11 is 0. The summed E-state index contributed by atoms with van der Waals surface area (Å²) < 4.78 is 4.79. The van der Waals surface area contributed by atoms with Crippen LogP contribution in [0.3, 0.4) is 0 Å². The molecule has 0 bridgehead atoms. The van der Waals surface area contributed by atoms with Gasteiger partial charge in [0.15, 0.2) is 0 Å². The Hall–Kier alpha value is -2.10. The van der Waals surface area contributed by atoms with E-state index in [1.807, 2.05) is 23.1 Å². The number of nitrogens with zero attached hydrogens (tertiary/aromatic N) is 1. The van der Waals surface area contributed by atoms with E-state index in [-0.39, 0.29) is 11.9 Å². The molecule has 1 aliphatic carbocycles. The van der Waals surface area contributed by atoms with Gasteiger partial charge in [-0.25, -0.2) is 0 Å². The van der Waals surface area contributed by atoms with Gasteiger partial charge in [-0.15, -0.1) is 0 Å². The number of hydrogen-bond acceptors (Lipinski definition) is 3. The highest BCUT2D eigenvalue weighted by atomic mass is 16.5. The fraction of sp³-hybridized carbons (Fsp3) is 0.444. The summed E-state index contributed by atoms with van der Waals surface area (Å²) in [6.45, 7) is 1.38. The molecule has 0 aromatic heterocycles. The van der Waals surface area contributed by atoms with Gasteiger partial charge in [0.2, 0.25) is 5.91 Å². The molecule has 1 aromatic carbocycles. The zero-order valence-electron chi connectivity index (χ0n) is 12.9. The van der Waals surface area contributed by atoms with Crippen LogP contribution in [-0.4, -0.2) is 37.0 Å². The van der Waals surface area contributed by atoms with Crippen molar-refractivity contribution in [1.29, 1.82) is 0 Å². The van der Waals surface area contributed by atoms with Crippen molar-refractivity contribution in [3.8, 4) is 0 Å². The van der Waals surface area contributed by atoms with Gasteiger partial charge in [0.05, 0.1) is 7.11 Å². The van der Waals surface area contributed by atoms with E-state index >= 15 is 0 Å². The van der Waals surface area contributed by atoms with Crippen LogP contribution in [0.1, 0.15) is 31.2 Å². The highest BCUT2D eigenvalue weighted by Crippen LogP contribution is 2.48. The summed E-state index contributed by atoms with van der Waals surface area (Å²) in [5.74, 6) is -0.416. The first-order chi connectivity index (χ1) is 10.7. The van der Waals surface area contributed by atoms with Crippen molar-refractivity contribution in [2.45, 2.75) is 25.7 Å². The Labute approximate surface area is 130 Å². The lowest BCUT2D eigenvalue weighted by Crippen LogP contribution is -2.44. The van der Waals surface area contributed by atoms with Crippen molar-refractivity contribution >= 4 is 18.0 Å². The SMILES string of the molecule is COC(=O)C1(C(=O)N2CCC(=Cc3ccccc3)CC2)CC1. The van der Waals surface area contributed by atoms with Crippen molar-refractivity contribution in [2.24, 2.45) is 5.41 Å². The Morgan fingerprint density at radius 1 is 1.14 bits per heavy atom. The second-order valence-electron chi connectivity index (χ2n) is 6.08. The van der Waals surface area contributed by atoms with Crippen molar-refractivity contribution in [2.75, 3.05) is 20.2 Å². The molecule has 0 atom stereocenters. The van der Waals surface area contributed by atoms with Crippen molar-refractivity contribution in [1.82, 2.24) is 4.90 Å². The summed E-state index contributed by atoms with van der Waals surface area (Å²) in [6, 6.07) is 10.2. The molecule has 1 amide bonds. The number of rotatable bonds is 3. The molecular formula is C18H21NO3. The smallest absolute Gasteiger partial charge is 0.321 e. The number of benzene rings is 1. The van der Waals surface area contributed by atoms with Gasteiger partial charge in [-0.05, 0) is 31.2 Å². The third kappa shape index (κ3) is 2.78. The number of ether oxygens (including phenoxy) is 1. The minimum absolute atomic E-state index is 0.0434. The van der Waals surface area contributed by atoms with Crippen molar-refractivity contribution < 1.29 is 14.3 Å². The first-order valence-electron chi connectivity index (χ1n) is 7.78. The van der Waals surface area contributed by atoms with Gasteiger partial charge in [0.25, 0.3) is 0 Å². The highest BCUT2D eigenvalue weighted by molar-refractivity contribution is 6.05. The molecule has 22 heavy (non-hydrogen) atoms. The lowest BCUT2D eigenvalue weighted by atomic mass is 9.98. The van der Waals surface area contributed by atoms with Gasteiger partial charge in [-0.2, -0.15) is 0 Å². The van der Waals surface area contributed by atoms with E-state index in [0.717, 1.165) is 12.8 Å². The van der Waals surface area contributed by atoms with Crippen LogP contribution in [0.2, 0.25) is 0 Å². The number of piperidine rings is 1. The zero-order valence-corrected chi connectivity index (χ0v) is 12.9. The number of carbonyl (C=O) groups is 2. The third-order valence-electron chi connectivity index (χ3n) is 4.60. The van der Waals surface area contributed by atoms with E-state index in [0.29, 0.717) is 25.9 Å². The monoisotopic (exact) mass is 299 g/mol.